The van der Waals surface area contributed by atoms with E-state index < -0.39 is 9.84 Å². The van der Waals surface area contributed by atoms with Gasteiger partial charge in [0.1, 0.15) is 0 Å². The van der Waals surface area contributed by atoms with Gasteiger partial charge in [-0.25, -0.2) is 8.42 Å². The quantitative estimate of drug-likeness (QED) is 0.847. The van der Waals surface area contributed by atoms with Crippen LogP contribution in [0, 0.1) is 0 Å². The van der Waals surface area contributed by atoms with Crippen molar-refractivity contribution < 1.29 is 8.42 Å². The maximum atomic E-state index is 13.1. The minimum atomic E-state index is -3.31. The molecule has 0 amide bonds. The first-order valence-electron chi connectivity index (χ1n) is 8.64. The van der Waals surface area contributed by atoms with Crippen molar-refractivity contribution in [2.24, 2.45) is 0 Å². The van der Waals surface area contributed by atoms with Crippen LogP contribution in [0.15, 0.2) is 46.7 Å². The van der Waals surface area contributed by atoms with Crippen LogP contribution in [0.2, 0.25) is 0 Å². The summed E-state index contributed by atoms with van der Waals surface area (Å²) in [4.78, 5) is 1.66. The number of benzene rings is 1. The maximum absolute atomic E-state index is 13.1. The Kier molecular flexibility index (Phi) is 5.13. The summed E-state index contributed by atoms with van der Waals surface area (Å²) in [6.07, 6.45) is 3.79. The van der Waals surface area contributed by atoms with Gasteiger partial charge < -0.3 is 0 Å². The second-order valence-corrected chi connectivity index (χ2v) is 9.56. The molecular formula is C19H25NO2S2. The molecule has 3 rings (SSSR count). The molecule has 2 atom stereocenters. The van der Waals surface area contributed by atoms with E-state index >= 15 is 0 Å². The molecule has 130 valence electrons. The highest BCUT2D eigenvalue weighted by atomic mass is 32.2. The molecule has 0 radical (unpaired) electrons. The van der Waals surface area contributed by atoms with Crippen LogP contribution in [0.3, 0.4) is 0 Å². The zero-order valence-electron chi connectivity index (χ0n) is 14.3. The molecule has 2 aromatic rings. The van der Waals surface area contributed by atoms with Crippen LogP contribution < -0.4 is 5.32 Å². The van der Waals surface area contributed by atoms with E-state index in [2.05, 4.69) is 30.6 Å². The fourth-order valence-corrected chi connectivity index (χ4v) is 6.53. The van der Waals surface area contributed by atoms with Crippen LogP contribution in [-0.4, -0.2) is 19.7 Å². The van der Waals surface area contributed by atoms with E-state index in [-0.39, 0.29) is 17.3 Å². The number of unbranched alkanes of at least 4 members (excludes halogenated alkanes) is 1. The van der Waals surface area contributed by atoms with Gasteiger partial charge in [-0.15, -0.1) is 11.3 Å². The summed E-state index contributed by atoms with van der Waals surface area (Å²) < 4.78 is 26.2. The SMILES string of the molecule is CCCC[C@@]1(CC)CS(=O)(=O)c2ccccc2[C@H](c2cccs2)N1. The third kappa shape index (κ3) is 3.30. The lowest BCUT2D eigenvalue weighted by Gasteiger charge is -2.35. The van der Waals surface area contributed by atoms with Gasteiger partial charge in [-0.3, -0.25) is 5.32 Å². The standard InChI is InChI=1S/C19H25NO2S2/c1-3-5-12-19(4-2)14-24(21,22)17-11-7-6-9-15(17)18(20-19)16-10-8-13-23-16/h6-11,13,18,20H,3-5,12,14H2,1-2H3/t18-,19+/m1/s1. The van der Waals surface area contributed by atoms with Crippen molar-refractivity contribution in [3.05, 3.63) is 52.2 Å². The monoisotopic (exact) mass is 363 g/mol. The Hall–Kier alpha value is -1.17. The molecule has 1 aromatic heterocycles. The summed E-state index contributed by atoms with van der Waals surface area (Å²) in [6.45, 7) is 4.25. The van der Waals surface area contributed by atoms with Gasteiger partial charge in [0.05, 0.1) is 16.7 Å². The summed E-state index contributed by atoms with van der Waals surface area (Å²) in [5.41, 5.74) is 0.509. The van der Waals surface area contributed by atoms with Gasteiger partial charge in [-0.1, -0.05) is 51.0 Å². The van der Waals surface area contributed by atoms with Crippen molar-refractivity contribution in [3.63, 3.8) is 0 Å². The van der Waals surface area contributed by atoms with Crippen molar-refractivity contribution >= 4 is 21.2 Å². The van der Waals surface area contributed by atoms with Crippen LogP contribution in [0.25, 0.3) is 0 Å². The molecule has 0 fully saturated rings. The van der Waals surface area contributed by atoms with E-state index in [4.69, 9.17) is 0 Å². The van der Waals surface area contributed by atoms with Crippen molar-refractivity contribution in [1.29, 1.82) is 0 Å². The molecule has 5 heteroatoms. The molecule has 0 spiro atoms. The van der Waals surface area contributed by atoms with Gasteiger partial charge in [0.2, 0.25) is 0 Å². The average molecular weight is 364 g/mol. The molecule has 0 aliphatic carbocycles. The lowest BCUT2D eigenvalue weighted by atomic mass is 9.89. The minimum absolute atomic E-state index is 0.0599. The Morgan fingerprint density at radius 2 is 2.00 bits per heavy atom. The molecule has 1 aliphatic rings. The largest absolute Gasteiger partial charge is 0.299 e. The third-order valence-corrected chi connectivity index (χ3v) is 7.91. The minimum Gasteiger partial charge on any atom is -0.299 e. The van der Waals surface area contributed by atoms with Gasteiger partial charge in [0.25, 0.3) is 0 Å². The normalized spacial score (nSPS) is 25.8. The molecular weight excluding hydrogens is 338 g/mol. The maximum Gasteiger partial charge on any atom is 0.180 e. The molecule has 0 saturated carbocycles. The van der Waals surface area contributed by atoms with E-state index in [1.807, 2.05) is 24.3 Å². The van der Waals surface area contributed by atoms with Crippen LogP contribution in [0.1, 0.15) is 56.0 Å². The van der Waals surface area contributed by atoms with Crippen LogP contribution in [-0.2, 0) is 9.84 Å². The van der Waals surface area contributed by atoms with E-state index in [1.54, 1.807) is 17.4 Å². The van der Waals surface area contributed by atoms with Crippen molar-refractivity contribution in [2.45, 2.75) is 56.0 Å². The number of thiophene rings is 1. The Morgan fingerprint density at radius 1 is 1.21 bits per heavy atom. The molecule has 3 nitrogen and oxygen atoms in total. The molecule has 1 aliphatic heterocycles. The van der Waals surface area contributed by atoms with E-state index in [9.17, 15) is 8.42 Å². The summed E-state index contributed by atoms with van der Waals surface area (Å²) in [5.74, 6) is 0.176. The molecule has 0 unspecified atom stereocenters. The number of nitrogens with one attached hydrogen (secondary N) is 1. The first-order valence-corrected chi connectivity index (χ1v) is 11.2. The Morgan fingerprint density at radius 3 is 2.67 bits per heavy atom. The van der Waals surface area contributed by atoms with Crippen LogP contribution in [0.4, 0.5) is 0 Å². The van der Waals surface area contributed by atoms with Crippen molar-refractivity contribution in [1.82, 2.24) is 5.32 Å². The summed E-state index contributed by atoms with van der Waals surface area (Å²) in [7, 11) is -3.31. The second kappa shape index (κ2) is 6.98. The van der Waals surface area contributed by atoms with Gasteiger partial charge in [-0.05, 0) is 35.9 Å². The topological polar surface area (TPSA) is 46.2 Å². The molecule has 1 N–H and O–H groups in total. The molecule has 2 heterocycles. The smallest absolute Gasteiger partial charge is 0.180 e. The molecule has 1 aromatic carbocycles. The zero-order valence-corrected chi connectivity index (χ0v) is 15.9. The van der Waals surface area contributed by atoms with Gasteiger partial charge in [-0.2, -0.15) is 0 Å². The number of hydrogen-bond donors (Lipinski definition) is 1. The lowest BCUT2D eigenvalue weighted by molar-refractivity contribution is 0.296. The van der Waals surface area contributed by atoms with E-state index in [0.717, 1.165) is 31.2 Å². The molecule has 0 saturated heterocycles. The van der Waals surface area contributed by atoms with Crippen molar-refractivity contribution in [3.8, 4) is 0 Å². The number of fused-ring (bicyclic) bond motifs is 1. The van der Waals surface area contributed by atoms with Gasteiger partial charge >= 0.3 is 0 Å². The first-order chi connectivity index (χ1) is 11.5. The first kappa shape index (κ1) is 17.6. The lowest BCUT2D eigenvalue weighted by Crippen LogP contribution is -2.50. The highest BCUT2D eigenvalue weighted by Crippen LogP contribution is 2.39. The predicted octanol–water partition coefficient (Wildman–Crippen LogP) is 4.55. The van der Waals surface area contributed by atoms with Gasteiger partial charge in [0, 0.05) is 10.4 Å². The fourth-order valence-electron chi connectivity index (χ4n) is 3.59. The molecule has 0 bridgehead atoms. The highest BCUT2D eigenvalue weighted by molar-refractivity contribution is 7.91. The van der Waals surface area contributed by atoms with Crippen LogP contribution in [0.5, 0.6) is 0 Å². The van der Waals surface area contributed by atoms with Crippen molar-refractivity contribution in [2.75, 3.05) is 5.75 Å². The second-order valence-electron chi connectivity index (χ2n) is 6.63. The highest BCUT2D eigenvalue weighted by Gasteiger charge is 2.41. The van der Waals surface area contributed by atoms with E-state index in [1.165, 1.54) is 4.88 Å². The van der Waals surface area contributed by atoms with Crippen LogP contribution >= 0.6 is 11.3 Å². The summed E-state index contributed by atoms with van der Waals surface area (Å²) in [6, 6.07) is 11.5. The average Bonchev–Trinajstić information content (AvgIpc) is 3.08. The predicted molar refractivity (Wildman–Crippen MR) is 100 cm³/mol. The fraction of sp³-hybridized carbons (Fsp3) is 0.474. The van der Waals surface area contributed by atoms with Gasteiger partial charge in [0.15, 0.2) is 9.84 Å². The molecule has 24 heavy (non-hydrogen) atoms. The Labute approximate surface area is 149 Å². The Bertz CT molecular complexity index is 783. The van der Waals surface area contributed by atoms with E-state index in [0.29, 0.717) is 4.90 Å². The summed E-state index contributed by atoms with van der Waals surface area (Å²) >= 11 is 1.68. The third-order valence-electron chi connectivity index (χ3n) is 5.00. The summed E-state index contributed by atoms with van der Waals surface area (Å²) in [5, 5.41) is 5.81. The Balaban J connectivity index is 2.15. The number of hydrogen-bond acceptors (Lipinski definition) is 4. The number of sulfone groups is 1. The zero-order chi connectivity index (χ0) is 17.2. The number of rotatable bonds is 5.